The Kier molecular flexibility index (Phi) is 5.31. The number of halogens is 1. The maximum absolute atomic E-state index is 3.64. The molecule has 0 amide bonds. The maximum Gasteiger partial charge on any atom is 0.0541 e. The first-order valence-electron chi connectivity index (χ1n) is 9.66. The SMILES string of the molecule is Brc1ccc2c(c1)c1cc(-c3ccccc3)ccc1n2-c1ccccc1.CC. The summed E-state index contributed by atoms with van der Waals surface area (Å²) in [6.07, 6.45) is 0. The van der Waals surface area contributed by atoms with Crippen molar-refractivity contribution < 1.29 is 0 Å². The van der Waals surface area contributed by atoms with Gasteiger partial charge in [-0.05, 0) is 53.6 Å². The van der Waals surface area contributed by atoms with Crippen LogP contribution in [0, 0.1) is 0 Å². The molecule has 1 aromatic heterocycles. The fourth-order valence-electron chi connectivity index (χ4n) is 3.66. The van der Waals surface area contributed by atoms with E-state index in [0.29, 0.717) is 0 Å². The highest BCUT2D eigenvalue weighted by Gasteiger charge is 2.13. The van der Waals surface area contributed by atoms with E-state index in [0.717, 1.165) is 4.47 Å². The van der Waals surface area contributed by atoms with Crippen molar-refractivity contribution in [3.63, 3.8) is 0 Å². The zero-order valence-corrected chi connectivity index (χ0v) is 17.6. The minimum atomic E-state index is 1.10. The lowest BCUT2D eigenvalue weighted by atomic mass is 10.0. The average molecular weight is 428 g/mol. The van der Waals surface area contributed by atoms with Crippen LogP contribution in [0.2, 0.25) is 0 Å². The van der Waals surface area contributed by atoms with E-state index < -0.39 is 0 Å². The molecule has 0 spiro atoms. The van der Waals surface area contributed by atoms with Gasteiger partial charge in [0.1, 0.15) is 0 Å². The third-order valence-electron chi connectivity index (χ3n) is 4.85. The quantitative estimate of drug-likeness (QED) is 0.267. The Morgan fingerprint density at radius 2 is 1.14 bits per heavy atom. The molecule has 5 rings (SSSR count). The van der Waals surface area contributed by atoms with Crippen molar-refractivity contribution in [2.24, 2.45) is 0 Å². The second-order valence-electron chi connectivity index (χ2n) is 6.43. The van der Waals surface area contributed by atoms with Crippen LogP contribution in [0.25, 0.3) is 38.6 Å². The van der Waals surface area contributed by atoms with Crippen LogP contribution in [0.4, 0.5) is 0 Å². The lowest BCUT2D eigenvalue weighted by Gasteiger charge is -2.08. The molecule has 0 fully saturated rings. The summed E-state index contributed by atoms with van der Waals surface area (Å²) in [5.41, 5.74) is 6.11. The Hall–Kier alpha value is -2.84. The first kappa shape index (κ1) is 18.5. The average Bonchev–Trinajstić information content (AvgIpc) is 3.09. The van der Waals surface area contributed by atoms with Gasteiger partial charge in [-0.2, -0.15) is 0 Å². The summed E-state index contributed by atoms with van der Waals surface area (Å²) in [6, 6.07) is 34.4. The molecule has 5 aromatic rings. The Balaban J connectivity index is 0.000000932. The lowest BCUT2D eigenvalue weighted by Crippen LogP contribution is -1.92. The largest absolute Gasteiger partial charge is 0.309 e. The molecular weight excluding hydrogens is 406 g/mol. The van der Waals surface area contributed by atoms with Crippen LogP contribution in [0.1, 0.15) is 13.8 Å². The predicted octanol–water partition coefficient (Wildman–Crippen LogP) is 8.24. The van der Waals surface area contributed by atoms with E-state index in [2.05, 4.69) is 118 Å². The predicted molar refractivity (Wildman–Crippen MR) is 125 cm³/mol. The first-order valence-corrected chi connectivity index (χ1v) is 10.5. The van der Waals surface area contributed by atoms with Crippen molar-refractivity contribution in [1.82, 2.24) is 4.57 Å². The van der Waals surface area contributed by atoms with E-state index in [4.69, 9.17) is 0 Å². The van der Waals surface area contributed by atoms with E-state index in [-0.39, 0.29) is 0 Å². The van der Waals surface area contributed by atoms with Gasteiger partial charge in [0.05, 0.1) is 11.0 Å². The van der Waals surface area contributed by atoms with Gasteiger partial charge >= 0.3 is 0 Å². The van der Waals surface area contributed by atoms with Gasteiger partial charge in [-0.25, -0.2) is 0 Å². The number of benzene rings is 4. The normalized spacial score (nSPS) is 10.7. The molecule has 0 unspecified atom stereocenters. The fourth-order valence-corrected chi connectivity index (χ4v) is 4.02. The number of aromatic nitrogens is 1. The highest BCUT2D eigenvalue weighted by atomic mass is 79.9. The van der Waals surface area contributed by atoms with E-state index in [1.54, 1.807) is 0 Å². The Bertz CT molecular complexity index is 1220. The molecule has 28 heavy (non-hydrogen) atoms. The van der Waals surface area contributed by atoms with Crippen LogP contribution in [-0.2, 0) is 0 Å². The van der Waals surface area contributed by atoms with Crippen LogP contribution >= 0.6 is 15.9 Å². The van der Waals surface area contributed by atoms with Crippen molar-refractivity contribution >= 4 is 37.7 Å². The third kappa shape index (κ3) is 3.25. The van der Waals surface area contributed by atoms with E-state index in [1.807, 2.05) is 13.8 Å². The number of hydrogen-bond acceptors (Lipinski definition) is 0. The zero-order chi connectivity index (χ0) is 19.5. The molecule has 1 heterocycles. The fraction of sp³-hybridized carbons (Fsp3) is 0.0769. The van der Waals surface area contributed by atoms with Gasteiger partial charge in [-0.15, -0.1) is 0 Å². The van der Waals surface area contributed by atoms with Gasteiger partial charge < -0.3 is 4.57 Å². The van der Waals surface area contributed by atoms with Crippen LogP contribution in [-0.4, -0.2) is 4.57 Å². The topological polar surface area (TPSA) is 4.93 Å². The van der Waals surface area contributed by atoms with Crippen LogP contribution in [0.15, 0.2) is 102 Å². The summed E-state index contributed by atoms with van der Waals surface area (Å²) in [4.78, 5) is 0. The van der Waals surface area contributed by atoms with E-state index in [1.165, 1.54) is 38.6 Å². The Morgan fingerprint density at radius 3 is 1.82 bits per heavy atom. The third-order valence-corrected chi connectivity index (χ3v) is 5.34. The maximum atomic E-state index is 3.64. The van der Waals surface area contributed by atoms with Crippen molar-refractivity contribution in [1.29, 1.82) is 0 Å². The highest BCUT2D eigenvalue weighted by molar-refractivity contribution is 9.10. The summed E-state index contributed by atoms with van der Waals surface area (Å²) in [6.45, 7) is 4.00. The molecule has 0 N–H and O–H groups in total. The second kappa shape index (κ2) is 8.04. The van der Waals surface area contributed by atoms with Crippen LogP contribution < -0.4 is 0 Å². The molecule has 0 saturated heterocycles. The smallest absolute Gasteiger partial charge is 0.0541 e. The Morgan fingerprint density at radius 1 is 0.571 bits per heavy atom. The molecular formula is C26H22BrN. The minimum absolute atomic E-state index is 1.10. The summed E-state index contributed by atoms with van der Waals surface area (Å²) in [5.74, 6) is 0. The summed E-state index contributed by atoms with van der Waals surface area (Å²) in [7, 11) is 0. The molecule has 0 saturated carbocycles. The van der Waals surface area contributed by atoms with Crippen molar-refractivity contribution in [2.75, 3.05) is 0 Å². The standard InChI is InChI=1S/C24H16BrN.C2H6/c25-19-12-14-24-22(16-19)21-15-18(17-7-3-1-4-8-17)11-13-23(21)26(24)20-9-5-2-6-10-20;1-2/h1-16H;1-2H3. The number of rotatable bonds is 2. The highest BCUT2D eigenvalue weighted by Crippen LogP contribution is 2.36. The minimum Gasteiger partial charge on any atom is -0.309 e. The van der Waals surface area contributed by atoms with Crippen LogP contribution in [0.3, 0.4) is 0 Å². The molecule has 0 atom stereocenters. The monoisotopic (exact) mass is 427 g/mol. The molecule has 4 aromatic carbocycles. The molecule has 138 valence electrons. The second-order valence-corrected chi connectivity index (χ2v) is 7.35. The number of fused-ring (bicyclic) bond motifs is 3. The van der Waals surface area contributed by atoms with E-state index >= 15 is 0 Å². The van der Waals surface area contributed by atoms with Gasteiger partial charge in [0.2, 0.25) is 0 Å². The molecule has 1 nitrogen and oxygen atoms in total. The number of hydrogen-bond donors (Lipinski definition) is 0. The first-order chi connectivity index (χ1) is 13.8. The van der Waals surface area contributed by atoms with Gasteiger partial charge in [0.15, 0.2) is 0 Å². The van der Waals surface area contributed by atoms with Crippen LogP contribution in [0.5, 0.6) is 0 Å². The van der Waals surface area contributed by atoms with E-state index in [9.17, 15) is 0 Å². The number of para-hydroxylation sites is 1. The van der Waals surface area contributed by atoms with Gasteiger partial charge in [0.25, 0.3) is 0 Å². The number of nitrogens with zero attached hydrogens (tertiary/aromatic N) is 1. The molecule has 0 radical (unpaired) electrons. The zero-order valence-electron chi connectivity index (χ0n) is 16.1. The lowest BCUT2D eigenvalue weighted by molar-refractivity contribution is 1.18. The Labute approximate surface area is 174 Å². The molecule has 0 aliphatic carbocycles. The molecule has 0 aliphatic rings. The molecule has 0 bridgehead atoms. The van der Waals surface area contributed by atoms with Crippen molar-refractivity contribution in [3.05, 3.63) is 102 Å². The molecule has 2 heteroatoms. The van der Waals surface area contributed by atoms with Gasteiger partial charge in [-0.1, -0.05) is 84.4 Å². The summed E-state index contributed by atoms with van der Waals surface area (Å²) < 4.78 is 3.44. The van der Waals surface area contributed by atoms with Crippen molar-refractivity contribution in [3.8, 4) is 16.8 Å². The summed E-state index contributed by atoms with van der Waals surface area (Å²) in [5, 5.41) is 2.53. The van der Waals surface area contributed by atoms with Gasteiger partial charge in [-0.3, -0.25) is 0 Å². The summed E-state index contributed by atoms with van der Waals surface area (Å²) >= 11 is 3.64. The van der Waals surface area contributed by atoms with Crippen molar-refractivity contribution in [2.45, 2.75) is 13.8 Å². The molecule has 0 aliphatic heterocycles. The van der Waals surface area contributed by atoms with Gasteiger partial charge in [0, 0.05) is 20.9 Å².